The maximum atomic E-state index is 9.41. The molecule has 3 nitrogen and oxygen atoms in total. The third-order valence-corrected chi connectivity index (χ3v) is 6.18. The van der Waals surface area contributed by atoms with Gasteiger partial charge in [0.1, 0.15) is 0 Å². The third-order valence-electron chi connectivity index (χ3n) is 6.18. The molecule has 2 aromatic carbocycles. The summed E-state index contributed by atoms with van der Waals surface area (Å²) in [4.78, 5) is 4.53. The predicted octanol–water partition coefficient (Wildman–Crippen LogP) is 4.84. The zero-order valence-corrected chi connectivity index (χ0v) is 19.3. The number of fused-ring (bicyclic) bond motifs is 2. The molecule has 2 unspecified atom stereocenters. The van der Waals surface area contributed by atoms with Crippen molar-refractivity contribution >= 4 is 10.8 Å². The largest absolute Gasteiger partial charge is 0.393 e. The standard InChI is InChI=1S/C17H14N.C8H14O2.Ir/c1-12-9-13(2)11-15(10-12)17-16-6-4-3-5-14(16)7-8-18-17;9-6-3-1-5-2-4-7(10)8(5)6;/h3-10H,1-2H3;5-10H,1-4H2;/q-1;;. The summed E-state index contributed by atoms with van der Waals surface area (Å²) < 4.78 is 0. The molecule has 5 rings (SSSR count). The van der Waals surface area contributed by atoms with Crippen molar-refractivity contribution in [2.24, 2.45) is 11.8 Å². The Hall–Kier alpha value is -1.58. The number of rotatable bonds is 1. The molecule has 2 saturated carbocycles. The van der Waals surface area contributed by atoms with Crippen molar-refractivity contribution in [2.75, 3.05) is 0 Å². The summed E-state index contributed by atoms with van der Waals surface area (Å²) in [6, 6.07) is 18.0. The van der Waals surface area contributed by atoms with Crippen LogP contribution in [-0.4, -0.2) is 27.4 Å². The Balaban J connectivity index is 0.000000186. The Morgan fingerprint density at radius 2 is 1.62 bits per heavy atom. The molecule has 155 valence electrons. The van der Waals surface area contributed by atoms with E-state index >= 15 is 0 Å². The van der Waals surface area contributed by atoms with Crippen LogP contribution in [0.1, 0.15) is 36.8 Å². The number of benzene rings is 2. The van der Waals surface area contributed by atoms with E-state index in [-0.39, 0.29) is 38.2 Å². The summed E-state index contributed by atoms with van der Waals surface area (Å²) in [7, 11) is 0. The molecule has 1 radical (unpaired) electrons. The number of aryl methyl sites for hydroxylation is 2. The number of pyridine rings is 1. The number of aliphatic hydroxyl groups is 2. The van der Waals surface area contributed by atoms with Crippen LogP contribution in [0.4, 0.5) is 0 Å². The van der Waals surface area contributed by atoms with Crippen molar-refractivity contribution in [3.05, 3.63) is 65.9 Å². The average Bonchev–Trinajstić information content (AvgIpc) is 3.24. The van der Waals surface area contributed by atoms with Gasteiger partial charge in [-0.2, -0.15) is 0 Å². The van der Waals surface area contributed by atoms with Gasteiger partial charge in [-0.25, -0.2) is 0 Å². The van der Waals surface area contributed by atoms with Gasteiger partial charge in [0.2, 0.25) is 0 Å². The van der Waals surface area contributed by atoms with Gasteiger partial charge in [0, 0.05) is 32.2 Å². The minimum atomic E-state index is -0.206. The molecule has 0 spiro atoms. The van der Waals surface area contributed by atoms with Gasteiger partial charge < -0.3 is 15.2 Å². The van der Waals surface area contributed by atoms with Crippen LogP contribution in [0.25, 0.3) is 22.0 Å². The first kappa shape index (κ1) is 22.1. The van der Waals surface area contributed by atoms with Crippen LogP contribution in [0.15, 0.2) is 48.7 Å². The van der Waals surface area contributed by atoms with Crippen LogP contribution in [-0.2, 0) is 20.1 Å². The number of aromatic nitrogens is 1. The van der Waals surface area contributed by atoms with Crippen molar-refractivity contribution in [3.8, 4) is 11.3 Å². The minimum absolute atomic E-state index is 0. The van der Waals surface area contributed by atoms with E-state index in [1.807, 2.05) is 12.3 Å². The first-order valence-electron chi connectivity index (χ1n) is 10.2. The van der Waals surface area contributed by atoms with E-state index in [1.165, 1.54) is 16.3 Å². The van der Waals surface area contributed by atoms with Gasteiger partial charge in [0.25, 0.3) is 0 Å². The smallest absolute Gasteiger partial charge is 0.0595 e. The van der Waals surface area contributed by atoms with Crippen molar-refractivity contribution in [1.29, 1.82) is 0 Å². The van der Waals surface area contributed by atoms with Gasteiger partial charge in [0.15, 0.2) is 0 Å². The predicted molar refractivity (Wildman–Crippen MR) is 113 cm³/mol. The zero-order valence-electron chi connectivity index (χ0n) is 16.9. The van der Waals surface area contributed by atoms with Gasteiger partial charge in [-0.05, 0) is 54.1 Å². The molecular weight excluding hydrogens is 538 g/mol. The summed E-state index contributed by atoms with van der Waals surface area (Å²) in [5.74, 6) is 0.852. The fourth-order valence-corrected chi connectivity index (χ4v) is 4.93. The van der Waals surface area contributed by atoms with E-state index in [2.05, 4.69) is 61.3 Å². The van der Waals surface area contributed by atoms with Crippen molar-refractivity contribution in [1.82, 2.24) is 4.98 Å². The topological polar surface area (TPSA) is 53.4 Å². The van der Waals surface area contributed by atoms with E-state index in [9.17, 15) is 10.2 Å². The fourth-order valence-electron chi connectivity index (χ4n) is 4.93. The second kappa shape index (κ2) is 9.49. The summed E-state index contributed by atoms with van der Waals surface area (Å²) in [5.41, 5.74) is 4.49. The molecule has 0 saturated heterocycles. The van der Waals surface area contributed by atoms with Crippen molar-refractivity contribution in [2.45, 2.75) is 51.7 Å². The summed E-state index contributed by atoms with van der Waals surface area (Å²) >= 11 is 0. The van der Waals surface area contributed by atoms with Gasteiger partial charge >= 0.3 is 0 Å². The normalized spacial score (nSPS) is 25.1. The zero-order chi connectivity index (χ0) is 19.7. The minimum Gasteiger partial charge on any atom is -0.393 e. The Morgan fingerprint density at radius 3 is 2.28 bits per heavy atom. The molecule has 0 aliphatic heterocycles. The molecule has 1 heterocycles. The monoisotopic (exact) mass is 567 g/mol. The maximum Gasteiger partial charge on any atom is 0.0595 e. The Labute approximate surface area is 186 Å². The maximum absolute atomic E-state index is 9.41. The summed E-state index contributed by atoms with van der Waals surface area (Å²) in [5, 5.41) is 21.2. The molecule has 1 aromatic heterocycles. The molecule has 2 fully saturated rings. The number of hydrogen-bond donors (Lipinski definition) is 2. The van der Waals surface area contributed by atoms with Crippen LogP contribution in [0, 0.1) is 31.7 Å². The van der Waals surface area contributed by atoms with Gasteiger partial charge in [0.05, 0.1) is 12.2 Å². The molecule has 2 aliphatic carbocycles. The Kier molecular flexibility index (Phi) is 7.23. The third kappa shape index (κ3) is 4.78. The molecule has 29 heavy (non-hydrogen) atoms. The van der Waals surface area contributed by atoms with Crippen molar-refractivity contribution < 1.29 is 30.3 Å². The van der Waals surface area contributed by atoms with E-state index in [0.717, 1.165) is 42.5 Å². The summed E-state index contributed by atoms with van der Waals surface area (Å²) in [6.45, 7) is 4.18. The average molecular weight is 567 g/mol. The molecule has 2 aliphatic rings. The van der Waals surface area contributed by atoms with Crippen LogP contribution in [0.3, 0.4) is 0 Å². The van der Waals surface area contributed by atoms with Crippen molar-refractivity contribution in [3.63, 3.8) is 0 Å². The van der Waals surface area contributed by atoms with Crippen LogP contribution >= 0.6 is 0 Å². The van der Waals surface area contributed by atoms with E-state index in [0.29, 0.717) is 5.92 Å². The van der Waals surface area contributed by atoms with Crippen LogP contribution in [0.5, 0.6) is 0 Å². The van der Waals surface area contributed by atoms with Crippen LogP contribution in [0.2, 0.25) is 0 Å². The molecular formula is C25H28IrNO2-. The van der Waals surface area contributed by atoms with Gasteiger partial charge in [-0.3, -0.25) is 0 Å². The quantitative estimate of drug-likeness (QED) is 0.415. The van der Waals surface area contributed by atoms with Gasteiger partial charge in [-0.15, -0.1) is 34.9 Å². The molecule has 0 bridgehead atoms. The Bertz CT molecular complexity index is 934. The number of nitrogens with zero attached hydrogens (tertiary/aromatic N) is 1. The van der Waals surface area contributed by atoms with Gasteiger partial charge in [-0.1, -0.05) is 38.1 Å². The first-order valence-corrected chi connectivity index (χ1v) is 10.2. The first-order chi connectivity index (χ1) is 13.5. The molecule has 3 aromatic rings. The summed E-state index contributed by atoms with van der Waals surface area (Å²) in [6.07, 6.45) is 5.53. The van der Waals surface area contributed by atoms with E-state index in [4.69, 9.17) is 0 Å². The molecule has 2 atom stereocenters. The number of aliphatic hydroxyl groups excluding tert-OH is 2. The number of hydrogen-bond acceptors (Lipinski definition) is 3. The van der Waals surface area contributed by atoms with E-state index < -0.39 is 0 Å². The Morgan fingerprint density at radius 1 is 0.931 bits per heavy atom. The fraction of sp³-hybridized carbons (Fsp3) is 0.400. The SMILES string of the molecule is Cc1[c-]c(-c2nccc3ccccc23)cc(C)c1.OC1CCC2CCC(O)C12.[Ir]. The second-order valence-corrected chi connectivity index (χ2v) is 8.26. The molecule has 0 amide bonds. The van der Waals surface area contributed by atoms with Crippen LogP contribution < -0.4 is 0 Å². The van der Waals surface area contributed by atoms with E-state index in [1.54, 1.807) is 0 Å². The molecule has 2 N–H and O–H groups in total. The second-order valence-electron chi connectivity index (χ2n) is 8.26. The molecule has 4 heteroatoms.